The van der Waals surface area contributed by atoms with Gasteiger partial charge in [0.2, 0.25) is 15.0 Å². The molecule has 1 atom stereocenters. The molecule has 28 heavy (non-hydrogen) atoms. The number of hydrogen-bond donors (Lipinski definition) is 0. The number of likely N-dealkylation sites (tertiary alicyclic amines) is 1. The highest BCUT2D eigenvalue weighted by Gasteiger charge is 2.29. The van der Waals surface area contributed by atoms with Crippen molar-refractivity contribution >= 4 is 9.84 Å². The molecule has 7 heteroatoms. The zero-order chi connectivity index (χ0) is 20.3. The van der Waals surface area contributed by atoms with Gasteiger partial charge >= 0.3 is 0 Å². The standard InChI is InChI=1S/C21H32N4O2S/c1-17(2)28(26,27)21-22-14-20(16-24-12-11-19(15-24)23(3)4)25(21)13-10-18-8-6-5-7-9-18/h5-9,14,17,19H,10-13,15-16H2,1-4H3/t19-/m1/s1. The van der Waals surface area contributed by atoms with Gasteiger partial charge in [-0.3, -0.25) is 4.90 Å². The van der Waals surface area contributed by atoms with Crippen molar-refractivity contribution < 1.29 is 8.42 Å². The lowest BCUT2D eigenvalue weighted by atomic mass is 10.1. The highest BCUT2D eigenvalue weighted by molar-refractivity contribution is 7.91. The van der Waals surface area contributed by atoms with Crippen LogP contribution in [-0.2, 0) is 29.3 Å². The molecule has 154 valence electrons. The van der Waals surface area contributed by atoms with E-state index in [0.717, 1.165) is 38.2 Å². The van der Waals surface area contributed by atoms with Gasteiger partial charge in [-0.1, -0.05) is 30.3 Å². The van der Waals surface area contributed by atoms with Gasteiger partial charge in [0.15, 0.2) is 0 Å². The van der Waals surface area contributed by atoms with Gasteiger partial charge in [0, 0.05) is 32.2 Å². The van der Waals surface area contributed by atoms with E-state index >= 15 is 0 Å². The number of likely N-dealkylation sites (N-methyl/N-ethyl adjacent to an activating group) is 1. The summed E-state index contributed by atoms with van der Waals surface area (Å²) < 4.78 is 27.6. The summed E-state index contributed by atoms with van der Waals surface area (Å²) in [7, 11) is 0.810. The minimum Gasteiger partial charge on any atom is -0.317 e. The summed E-state index contributed by atoms with van der Waals surface area (Å²) >= 11 is 0. The molecular formula is C21H32N4O2S. The topological polar surface area (TPSA) is 58.4 Å². The van der Waals surface area contributed by atoms with Crippen LogP contribution in [0.5, 0.6) is 0 Å². The number of rotatable bonds is 8. The van der Waals surface area contributed by atoms with Crippen LogP contribution in [0.4, 0.5) is 0 Å². The van der Waals surface area contributed by atoms with E-state index in [9.17, 15) is 8.42 Å². The van der Waals surface area contributed by atoms with E-state index in [0.29, 0.717) is 12.6 Å². The Morgan fingerprint density at radius 2 is 1.93 bits per heavy atom. The molecule has 1 aliphatic heterocycles. The number of aromatic nitrogens is 2. The molecule has 0 unspecified atom stereocenters. The number of benzene rings is 1. The molecule has 1 aliphatic rings. The van der Waals surface area contributed by atoms with Gasteiger partial charge in [0.1, 0.15) is 0 Å². The zero-order valence-corrected chi connectivity index (χ0v) is 18.2. The predicted molar refractivity (Wildman–Crippen MR) is 112 cm³/mol. The van der Waals surface area contributed by atoms with Crippen molar-refractivity contribution in [3.8, 4) is 0 Å². The van der Waals surface area contributed by atoms with Gasteiger partial charge in [-0.15, -0.1) is 0 Å². The summed E-state index contributed by atoms with van der Waals surface area (Å²) in [4.78, 5) is 9.02. The van der Waals surface area contributed by atoms with Gasteiger partial charge in [0.25, 0.3) is 0 Å². The summed E-state index contributed by atoms with van der Waals surface area (Å²) in [5, 5.41) is -0.278. The van der Waals surface area contributed by atoms with Crippen LogP contribution in [0, 0.1) is 0 Å². The largest absolute Gasteiger partial charge is 0.317 e. The van der Waals surface area contributed by atoms with Crippen LogP contribution in [0.3, 0.4) is 0 Å². The van der Waals surface area contributed by atoms with Gasteiger partial charge in [-0.25, -0.2) is 13.4 Å². The third-order valence-electron chi connectivity index (χ3n) is 5.61. The van der Waals surface area contributed by atoms with Crippen LogP contribution in [-0.4, -0.2) is 66.2 Å². The molecule has 2 aromatic rings. The molecule has 0 aliphatic carbocycles. The predicted octanol–water partition coefficient (Wildman–Crippen LogP) is 2.44. The summed E-state index contributed by atoms with van der Waals surface area (Å²) in [6.45, 7) is 6.81. The highest BCUT2D eigenvalue weighted by Crippen LogP contribution is 2.21. The molecule has 2 heterocycles. The van der Waals surface area contributed by atoms with Crippen LogP contribution >= 0.6 is 0 Å². The maximum atomic E-state index is 12.9. The first-order valence-electron chi connectivity index (χ1n) is 10.00. The Bertz CT molecular complexity index is 875. The fraction of sp³-hybridized carbons (Fsp3) is 0.571. The normalized spacial score (nSPS) is 18.4. The fourth-order valence-electron chi connectivity index (χ4n) is 3.69. The minimum atomic E-state index is -3.42. The molecule has 0 bridgehead atoms. The number of sulfone groups is 1. The molecule has 0 spiro atoms. The van der Waals surface area contributed by atoms with E-state index in [4.69, 9.17) is 0 Å². The second-order valence-electron chi connectivity index (χ2n) is 8.15. The molecule has 0 amide bonds. The zero-order valence-electron chi connectivity index (χ0n) is 17.4. The lowest BCUT2D eigenvalue weighted by Gasteiger charge is -2.21. The molecule has 1 saturated heterocycles. The Labute approximate surface area is 169 Å². The van der Waals surface area contributed by atoms with Gasteiger partial charge < -0.3 is 9.47 Å². The third kappa shape index (κ3) is 4.64. The molecular weight excluding hydrogens is 372 g/mol. The van der Waals surface area contributed by atoms with Gasteiger partial charge in [-0.2, -0.15) is 0 Å². The van der Waals surface area contributed by atoms with Crippen molar-refractivity contribution in [2.75, 3.05) is 27.2 Å². The monoisotopic (exact) mass is 404 g/mol. The van der Waals surface area contributed by atoms with Crippen LogP contribution in [0.25, 0.3) is 0 Å². The Kier molecular flexibility index (Phi) is 6.58. The van der Waals surface area contributed by atoms with E-state index in [2.05, 4.69) is 41.0 Å². The molecule has 1 fully saturated rings. The Hall–Kier alpha value is -1.70. The summed E-state index contributed by atoms with van der Waals surface area (Å²) in [5.41, 5.74) is 2.18. The second-order valence-corrected chi connectivity index (χ2v) is 10.6. The minimum absolute atomic E-state index is 0.205. The molecule has 3 rings (SSSR count). The number of hydrogen-bond acceptors (Lipinski definition) is 5. The Morgan fingerprint density at radius 1 is 1.21 bits per heavy atom. The van der Waals surface area contributed by atoms with Crippen molar-refractivity contribution in [3.05, 3.63) is 47.8 Å². The SMILES string of the molecule is CC(C)S(=O)(=O)c1ncc(CN2CC[C@@H](N(C)C)C2)n1CCc1ccccc1. The molecule has 6 nitrogen and oxygen atoms in total. The smallest absolute Gasteiger partial charge is 0.228 e. The Morgan fingerprint density at radius 3 is 2.54 bits per heavy atom. The van der Waals surface area contributed by atoms with Crippen LogP contribution < -0.4 is 0 Å². The molecule has 1 aromatic carbocycles. The van der Waals surface area contributed by atoms with E-state index in [-0.39, 0.29) is 5.16 Å². The Balaban J connectivity index is 1.84. The average molecular weight is 405 g/mol. The molecule has 1 aromatic heterocycles. The van der Waals surface area contributed by atoms with Gasteiger partial charge in [0.05, 0.1) is 17.1 Å². The van der Waals surface area contributed by atoms with E-state index in [1.807, 2.05) is 22.8 Å². The first-order chi connectivity index (χ1) is 13.3. The summed E-state index contributed by atoms with van der Waals surface area (Å²) in [6.07, 6.45) is 3.68. The van der Waals surface area contributed by atoms with E-state index in [1.165, 1.54) is 5.56 Å². The van der Waals surface area contributed by atoms with Crippen molar-refractivity contribution in [2.24, 2.45) is 0 Å². The summed E-state index contributed by atoms with van der Waals surface area (Å²) in [5.74, 6) is 0. The lowest BCUT2D eigenvalue weighted by Crippen LogP contribution is -2.31. The van der Waals surface area contributed by atoms with E-state index < -0.39 is 15.1 Å². The highest BCUT2D eigenvalue weighted by atomic mass is 32.2. The fourth-order valence-corrected chi connectivity index (χ4v) is 4.82. The van der Waals surface area contributed by atoms with Crippen molar-refractivity contribution in [2.45, 2.75) is 56.2 Å². The lowest BCUT2D eigenvalue weighted by molar-refractivity contribution is 0.260. The number of aryl methyl sites for hydroxylation is 1. The number of imidazole rings is 1. The maximum absolute atomic E-state index is 12.9. The van der Waals surface area contributed by atoms with Crippen LogP contribution in [0.2, 0.25) is 0 Å². The first-order valence-corrected chi connectivity index (χ1v) is 11.5. The van der Waals surface area contributed by atoms with Crippen molar-refractivity contribution in [1.29, 1.82) is 0 Å². The van der Waals surface area contributed by atoms with Crippen LogP contribution in [0.1, 0.15) is 31.5 Å². The molecule has 0 N–H and O–H groups in total. The van der Waals surface area contributed by atoms with Crippen molar-refractivity contribution in [3.63, 3.8) is 0 Å². The van der Waals surface area contributed by atoms with Gasteiger partial charge in [-0.05, 0) is 46.3 Å². The molecule has 0 radical (unpaired) electrons. The molecule has 0 saturated carbocycles. The second kappa shape index (κ2) is 8.76. The maximum Gasteiger partial charge on any atom is 0.228 e. The average Bonchev–Trinajstić information content (AvgIpc) is 3.28. The van der Waals surface area contributed by atoms with Crippen molar-refractivity contribution in [1.82, 2.24) is 19.4 Å². The van der Waals surface area contributed by atoms with E-state index in [1.54, 1.807) is 20.0 Å². The summed E-state index contributed by atoms with van der Waals surface area (Å²) in [6, 6.07) is 10.7. The quantitative estimate of drug-likeness (QED) is 0.676. The third-order valence-corrected chi connectivity index (χ3v) is 7.68. The number of nitrogens with zero attached hydrogens (tertiary/aromatic N) is 4. The first kappa shape index (κ1) is 21.0. The van der Waals surface area contributed by atoms with Crippen LogP contribution in [0.15, 0.2) is 41.7 Å².